The molecule has 0 spiro atoms. The summed E-state index contributed by atoms with van der Waals surface area (Å²) < 4.78 is 0. The minimum absolute atomic E-state index is 0.0566. The average molecular weight is 170 g/mol. The zero-order valence-corrected chi connectivity index (χ0v) is 6.52. The van der Waals surface area contributed by atoms with E-state index in [4.69, 9.17) is 10.9 Å². The van der Waals surface area contributed by atoms with Crippen LogP contribution in [0.25, 0.3) is 0 Å². The van der Waals surface area contributed by atoms with Crippen molar-refractivity contribution in [2.45, 2.75) is 13.0 Å². The first kappa shape index (κ1) is 8.47. The van der Waals surface area contributed by atoms with E-state index >= 15 is 0 Å². The van der Waals surface area contributed by atoms with Gasteiger partial charge < -0.3 is 5.73 Å². The van der Waals surface area contributed by atoms with Crippen LogP contribution in [0.1, 0.15) is 18.8 Å². The molecule has 0 saturated carbocycles. The molecule has 1 rings (SSSR count). The summed E-state index contributed by atoms with van der Waals surface area (Å²) in [5, 5.41) is 14.6. The monoisotopic (exact) mass is 170 g/mol. The number of aromatic amines is 1. The molecule has 0 fully saturated rings. The Bertz CT molecular complexity index is 255. The summed E-state index contributed by atoms with van der Waals surface area (Å²) in [6.45, 7) is 1.77. The first-order chi connectivity index (χ1) is 5.74. The average Bonchev–Trinajstić information content (AvgIpc) is 2.56. The lowest BCUT2D eigenvalue weighted by atomic mass is 10.3. The lowest BCUT2D eigenvalue weighted by Gasteiger charge is -2.02. The van der Waals surface area contributed by atoms with Gasteiger partial charge in [-0.15, -0.1) is 0 Å². The fourth-order valence-corrected chi connectivity index (χ4v) is 0.715. The van der Waals surface area contributed by atoms with Gasteiger partial charge in [0, 0.05) is 0 Å². The van der Waals surface area contributed by atoms with Crippen LogP contribution in [0.5, 0.6) is 0 Å². The second-order valence-corrected chi connectivity index (χ2v) is 2.17. The second-order valence-electron chi connectivity index (χ2n) is 2.17. The minimum atomic E-state index is -0.257. The topological polar surface area (TPSA) is 112 Å². The van der Waals surface area contributed by atoms with Crippen LogP contribution in [-0.2, 0) is 0 Å². The molecular formula is C5H10N6O. The number of aliphatic imine (C=N–C) groups is 1. The number of hydrogen-bond donors (Lipinski definition) is 4. The van der Waals surface area contributed by atoms with Crippen LogP contribution in [0.2, 0.25) is 0 Å². The molecular weight excluding hydrogens is 160 g/mol. The number of H-pyrrole nitrogens is 1. The van der Waals surface area contributed by atoms with E-state index < -0.39 is 0 Å². The van der Waals surface area contributed by atoms with Crippen LogP contribution in [0.3, 0.4) is 0 Å². The third-order valence-electron chi connectivity index (χ3n) is 1.28. The molecule has 0 saturated heterocycles. The van der Waals surface area contributed by atoms with Crippen molar-refractivity contribution in [1.82, 2.24) is 20.7 Å². The zero-order valence-electron chi connectivity index (χ0n) is 6.52. The van der Waals surface area contributed by atoms with E-state index in [0.29, 0.717) is 5.82 Å². The number of aromatic nitrogens is 3. The second kappa shape index (κ2) is 3.67. The predicted molar refractivity (Wildman–Crippen MR) is 41.3 cm³/mol. The largest absolute Gasteiger partial charge is 0.368 e. The van der Waals surface area contributed by atoms with Crippen molar-refractivity contribution in [2.24, 2.45) is 10.7 Å². The number of hydrogen-bond acceptors (Lipinski definition) is 4. The summed E-state index contributed by atoms with van der Waals surface area (Å²) >= 11 is 0. The van der Waals surface area contributed by atoms with E-state index in [1.807, 2.05) is 0 Å². The number of guanidine groups is 1. The molecule has 12 heavy (non-hydrogen) atoms. The number of nitrogens with two attached hydrogens (primary N) is 1. The van der Waals surface area contributed by atoms with Gasteiger partial charge in [-0.05, 0) is 6.92 Å². The molecule has 0 aliphatic heterocycles. The van der Waals surface area contributed by atoms with Crippen LogP contribution in [0.4, 0.5) is 0 Å². The van der Waals surface area contributed by atoms with Gasteiger partial charge >= 0.3 is 0 Å². The van der Waals surface area contributed by atoms with Crippen LogP contribution >= 0.6 is 0 Å². The summed E-state index contributed by atoms with van der Waals surface area (Å²) in [6, 6.07) is -0.257. The van der Waals surface area contributed by atoms with E-state index in [9.17, 15) is 0 Å². The van der Waals surface area contributed by atoms with E-state index in [1.54, 1.807) is 12.4 Å². The normalized spacial score (nSPS) is 14.3. The molecule has 0 aliphatic carbocycles. The first-order valence-electron chi connectivity index (χ1n) is 3.32. The standard InChI is InChI=1S/C5H10N6O/c1-3(9-5(6)11-12)4-7-2-8-10-4/h2-3,12H,1H3,(H3,6,9,11)(H,7,8,10). The molecule has 1 aromatic rings. The van der Waals surface area contributed by atoms with E-state index in [0.717, 1.165) is 0 Å². The van der Waals surface area contributed by atoms with Crippen molar-refractivity contribution in [3.05, 3.63) is 12.2 Å². The van der Waals surface area contributed by atoms with Gasteiger partial charge in [-0.3, -0.25) is 10.3 Å². The molecule has 1 heterocycles. The van der Waals surface area contributed by atoms with Crippen LogP contribution in [0.15, 0.2) is 11.3 Å². The smallest absolute Gasteiger partial charge is 0.213 e. The number of nitrogens with one attached hydrogen (secondary N) is 2. The van der Waals surface area contributed by atoms with Crippen molar-refractivity contribution >= 4 is 5.96 Å². The summed E-state index contributed by atoms with van der Waals surface area (Å²) in [7, 11) is 0. The van der Waals surface area contributed by atoms with Gasteiger partial charge in [0.15, 0.2) is 0 Å². The van der Waals surface area contributed by atoms with Gasteiger partial charge in [0.05, 0.1) is 0 Å². The highest BCUT2D eigenvalue weighted by molar-refractivity contribution is 5.76. The predicted octanol–water partition coefficient (Wildman–Crippen LogP) is -0.841. The highest BCUT2D eigenvalue weighted by atomic mass is 16.5. The molecule has 7 heteroatoms. The Morgan fingerprint density at radius 3 is 3.17 bits per heavy atom. The van der Waals surface area contributed by atoms with Crippen LogP contribution in [-0.4, -0.2) is 26.3 Å². The quantitative estimate of drug-likeness (QED) is 0.262. The Labute approximate surface area is 68.7 Å². The molecule has 5 N–H and O–H groups in total. The maximum atomic E-state index is 8.33. The molecule has 0 aromatic carbocycles. The van der Waals surface area contributed by atoms with E-state index in [2.05, 4.69) is 20.2 Å². The molecule has 66 valence electrons. The number of nitrogens with zero attached hydrogens (tertiary/aromatic N) is 3. The molecule has 1 unspecified atom stereocenters. The summed E-state index contributed by atoms with van der Waals surface area (Å²) in [6.07, 6.45) is 1.38. The van der Waals surface area contributed by atoms with Crippen LogP contribution in [0, 0.1) is 0 Å². The van der Waals surface area contributed by atoms with Crippen molar-refractivity contribution < 1.29 is 5.21 Å². The van der Waals surface area contributed by atoms with Crippen molar-refractivity contribution in [3.63, 3.8) is 0 Å². The fraction of sp³-hybridized carbons (Fsp3) is 0.400. The Hall–Kier alpha value is -1.63. The maximum Gasteiger partial charge on any atom is 0.213 e. The van der Waals surface area contributed by atoms with Crippen molar-refractivity contribution in [1.29, 1.82) is 0 Å². The molecule has 0 radical (unpaired) electrons. The van der Waals surface area contributed by atoms with Gasteiger partial charge in [0.1, 0.15) is 18.2 Å². The molecule has 7 nitrogen and oxygen atoms in total. The lowest BCUT2D eigenvalue weighted by Crippen LogP contribution is -2.28. The van der Waals surface area contributed by atoms with E-state index in [-0.39, 0.29) is 12.0 Å². The molecule has 0 aliphatic rings. The summed E-state index contributed by atoms with van der Waals surface area (Å²) in [5.41, 5.74) is 6.93. The van der Waals surface area contributed by atoms with Gasteiger partial charge in [-0.2, -0.15) is 5.10 Å². The van der Waals surface area contributed by atoms with Gasteiger partial charge in [0.2, 0.25) is 5.96 Å². The SMILES string of the molecule is CC(N=C(N)NO)c1ncn[nH]1. The lowest BCUT2D eigenvalue weighted by molar-refractivity contribution is 0.232. The maximum absolute atomic E-state index is 8.33. The van der Waals surface area contributed by atoms with Gasteiger partial charge in [-0.25, -0.2) is 15.5 Å². The third-order valence-corrected chi connectivity index (χ3v) is 1.28. The first-order valence-corrected chi connectivity index (χ1v) is 3.32. The number of hydroxylamine groups is 1. The molecule has 0 amide bonds. The van der Waals surface area contributed by atoms with Crippen molar-refractivity contribution in [2.75, 3.05) is 0 Å². The van der Waals surface area contributed by atoms with Gasteiger partial charge in [0.25, 0.3) is 0 Å². The molecule has 0 bridgehead atoms. The van der Waals surface area contributed by atoms with Crippen molar-refractivity contribution in [3.8, 4) is 0 Å². The van der Waals surface area contributed by atoms with Gasteiger partial charge in [-0.1, -0.05) is 0 Å². The number of rotatable bonds is 2. The van der Waals surface area contributed by atoms with E-state index in [1.165, 1.54) is 6.33 Å². The molecule has 1 atom stereocenters. The Morgan fingerprint density at radius 1 is 1.92 bits per heavy atom. The fourth-order valence-electron chi connectivity index (χ4n) is 0.715. The summed E-state index contributed by atoms with van der Waals surface area (Å²) in [5.74, 6) is 0.534. The zero-order chi connectivity index (χ0) is 8.97. The van der Waals surface area contributed by atoms with Crippen LogP contribution < -0.4 is 11.2 Å². The highest BCUT2D eigenvalue weighted by Gasteiger charge is 2.05. The Morgan fingerprint density at radius 2 is 2.67 bits per heavy atom. The molecule has 1 aromatic heterocycles. The summed E-state index contributed by atoms with van der Waals surface area (Å²) in [4.78, 5) is 7.70. The Balaban J connectivity index is 2.66. The minimum Gasteiger partial charge on any atom is -0.368 e. The highest BCUT2D eigenvalue weighted by Crippen LogP contribution is 2.08. The third kappa shape index (κ3) is 1.92. The Kier molecular flexibility index (Phi) is 2.59.